The van der Waals surface area contributed by atoms with Crippen molar-refractivity contribution in [3.63, 3.8) is 0 Å². The summed E-state index contributed by atoms with van der Waals surface area (Å²) in [5, 5.41) is 18.2. The molecule has 1 aliphatic heterocycles. The van der Waals surface area contributed by atoms with E-state index in [2.05, 4.69) is 69.1 Å². The third-order valence-electron chi connectivity index (χ3n) is 6.43. The molecule has 0 bridgehead atoms. The topological polar surface area (TPSA) is 133 Å². The molecule has 0 aliphatic carbocycles. The summed E-state index contributed by atoms with van der Waals surface area (Å²) in [4.78, 5) is 14.9. The Kier molecular flexibility index (Phi) is 7.45. The first kappa shape index (κ1) is 25.1. The van der Waals surface area contributed by atoms with Gasteiger partial charge in [-0.2, -0.15) is 0 Å². The van der Waals surface area contributed by atoms with E-state index in [0.29, 0.717) is 18.7 Å². The maximum Gasteiger partial charge on any atom is 0.239 e. The molecule has 0 fully saturated rings. The van der Waals surface area contributed by atoms with Crippen LogP contribution in [0.15, 0.2) is 83.1 Å². The normalized spacial score (nSPS) is 15.9. The Bertz CT molecular complexity index is 1260. The molecule has 0 spiro atoms. The Morgan fingerprint density at radius 1 is 1.08 bits per heavy atom. The fraction of sp³-hybridized carbons (Fsp3) is 0.286. The van der Waals surface area contributed by atoms with Gasteiger partial charge in [0.15, 0.2) is 5.84 Å². The average molecular weight is 484 g/mol. The lowest BCUT2D eigenvalue weighted by atomic mass is 9.98. The Morgan fingerprint density at radius 3 is 2.50 bits per heavy atom. The number of aryl methyl sites for hydroxylation is 1. The van der Waals surface area contributed by atoms with Gasteiger partial charge in [0.2, 0.25) is 5.91 Å². The Hall–Kier alpha value is -4.04. The molecule has 8 heteroatoms. The van der Waals surface area contributed by atoms with Gasteiger partial charge in [-0.15, -0.1) is 5.11 Å². The van der Waals surface area contributed by atoms with Gasteiger partial charge in [-0.05, 0) is 55.0 Å². The summed E-state index contributed by atoms with van der Waals surface area (Å²) in [6, 6.07) is 24.3. The first-order valence-corrected chi connectivity index (χ1v) is 12.1. The fourth-order valence-electron chi connectivity index (χ4n) is 4.52. The molecule has 186 valence electrons. The Labute approximate surface area is 211 Å². The summed E-state index contributed by atoms with van der Waals surface area (Å²) < 4.78 is 0. The van der Waals surface area contributed by atoms with Crippen LogP contribution < -0.4 is 21.8 Å². The largest absolute Gasteiger partial charge is 0.365 e. The van der Waals surface area contributed by atoms with Crippen LogP contribution in [-0.4, -0.2) is 29.9 Å². The van der Waals surface area contributed by atoms with E-state index in [1.165, 1.54) is 11.3 Å². The van der Waals surface area contributed by atoms with Gasteiger partial charge in [-0.25, -0.2) is 0 Å². The molecule has 1 atom stereocenters. The predicted molar refractivity (Wildman–Crippen MR) is 144 cm³/mol. The molecule has 0 radical (unpaired) electrons. The van der Waals surface area contributed by atoms with Crippen LogP contribution in [0.25, 0.3) is 11.1 Å². The Balaban J connectivity index is 1.57. The second kappa shape index (κ2) is 10.7. The number of nitrogens with zero attached hydrogens (tertiary/aromatic N) is 3. The zero-order valence-electron chi connectivity index (χ0n) is 20.7. The fourth-order valence-corrected chi connectivity index (χ4v) is 4.52. The summed E-state index contributed by atoms with van der Waals surface area (Å²) in [6.45, 7) is 4.86. The van der Waals surface area contributed by atoms with Gasteiger partial charge in [0.1, 0.15) is 0 Å². The number of hydrogen-bond acceptors (Lipinski definition) is 5. The minimum Gasteiger partial charge on any atom is -0.365 e. The summed E-state index contributed by atoms with van der Waals surface area (Å²) in [7, 11) is 0. The number of anilines is 1. The molecule has 4 rings (SSSR count). The molecule has 1 heterocycles. The second-order valence-corrected chi connectivity index (χ2v) is 9.75. The number of carbonyl (C=O) groups is 1. The maximum absolute atomic E-state index is 12.6. The van der Waals surface area contributed by atoms with Crippen LogP contribution in [-0.2, 0) is 17.8 Å². The average Bonchev–Trinajstić information content (AvgIpc) is 3.03. The van der Waals surface area contributed by atoms with Crippen molar-refractivity contribution in [2.75, 3.05) is 11.4 Å². The van der Waals surface area contributed by atoms with E-state index in [4.69, 9.17) is 17.0 Å². The number of nitrogens with two attached hydrogens (primary N) is 2. The lowest BCUT2D eigenvalue weighted by Gasteiger charge is -2.30. The molecule has 3 aromatic carbocycles. The highest BCUT2D eigenvalue weighted by molar-refractivity contribution is 6.02. The number of para-hydroxylation sites is 1. The van der Waals surface area contributed by atoms with E-state index in [9.17, 15) is 4.79 Å². The highest BCUT2D eigenvalue weighted by atomic mass is 16.2. The minimum atomic E-state index is -0.919. The molecule has 36 heavy (non-hydrogen) atoms. The van der Waals surface area contributed by atoms with Crippen molar-refractivity contribution >= 4 is 17.4 Å². The summed E-state index contributed by atoms with van der Waals surface area (Å²) in [6.07, 6.45) is 1.75. The van der Waals surface area contributed by atoms with Crippen molar-refractivity contribution in [3.8, 4) is 11.1 Å². The number of hydrogen-bond donors (Lipinski definition) is 4. The summed E-state index contributed by atoms with van der Waals surface area (Å²) >= 11 is 0. The molecular weight excluding hydrogens is 450 g/mol. The first-order chi connectivity index (χ1) is 17.3. The third kappa shape index (κ3) is 5.78. The van der Waals surface area contributed by atoms with Crippen LogP contribution in [0, 0.1) is 5.41 Å². The van der Waals surface area contributed by atoms with Gasteiger partial charge in [-0.3, -0.25) is 10.2 Å². The summed E-state index contributed by atoms with van der Waals surface area (Å²) in [5.74, 6) is 5.03. The molecule has 1 aliphatic rings. The molecule has 3 aromatic rings. The van der Waals surface area contributed by atoms with Crippen LogP contribution in [0.4, 0.5) is 5.69 Å². The van der Waals surface area contributed by atoms with E-state index < -0.39 is 5.54 Å². The van der Waals surface area contributed by atoms with Crippen molar-refractivity contribution in [2.45, 2.75) is 44.8 Å². The number of amidine groups is 1. The van der Waals surface area contributed by atoms with Crippen LogP contribution in [0.3, 0.4) is 0 Å². The third-order valence-corrected chi connectivity index (χ3v) is 6.43. The number of amides is 1. The van der Waals surface area contributed by atoms with Crippen LogP contribution >= 0.6 is 0 Å². The second-order valence-electron chi connectivity index (χ2n) is 9.75. The van der Waals surface area contributed by atoms with E-state index in [-0.39, 0.29) is 17.8 Å². The molecule has 0 saturated heterocycles. The molecule has 0 saturated carbocycles. The quantitative estimate of drug-likeness (QED) is 0.138. The minimum absolute atomic E-state index is 0.00148. The van der Waals surface area contributed by atoms with E-state index >= 15 is 0 Å². The van der Waals surface area contributed by atoms with Crippen molar-refractivity contribution in [1.82, 2.24) is 5.32 Å². The predicted octanol–water partition coefficient (Wildman–Crippen LogP) is 4.18. The van der Waals surface area contributed by atoms with Gasteiger partial charge < -0.3 is 21.8 Å². The SMILES string of the molecule is CC(C)(N)C(=O)NC1CCc2ccccc2N(Cc2ccc(-c3ccccc3C(=N)N=NN)cc2)C1. The number of benzene rings is 3. The number of rotatable bonds is 6. The molecule has 0 aromatic heterocycles. The summed E-state index contributed by atoms with van der Waals surface area (Å²) in [5.41, 5.74) is 11.3. The maximum atomic E-state index is 12.6. The van der Waals surface area contributed by atoms with Gasteiger partial charge in [0.05, 0.1) is 5.54 Å². The standard InChI is InChI=1S/C28H33N7O/c1-28(2,30)27(36)32-22-16-15-21-7-3-6-10-25(21)35(18-22)17-19-11-13-20(14-12-19)23-8-4-5-9-24(23)26(29)33-34-31/h3-14,22H,15-18,30H2,1-2H3,(H,32,36)(H3,29,31,33). The zero-order valence-corrected chi connectivity index (χ0v) is 20.7. The van der Waals surface area contributed by atoms with Crippen LogP contribution in [0.2, 0.25) is 0 Å². The van der Waals surface area contributed by atoms with Gasteiger partial charge in [0.25, 0.3) is 0 Å². The van der Waals surface area contributed by atoms with Crippen molar-refractivity contribution in [3.05, 3.63) is 89.5 Å². The highest BCUT2D eigenvalue weighted by Crippen LogP contribution is 2.29. The molecule has 1 amide bonds. The number of fused-ring (bicyclic) bond motifs is 1. The smallest absolute Gasteiger partial charge is 0.239 e. The molecule has 8 nitrogen and oxygen atoms in total. The zero-order chi connectivity index (χ0) is 25.7. The van der Waals surface area contributed by atoms with E-state index in [0.717, 1.165) is 29.5 Å². The lowest BCUT2D eigenvalue weighted by Crippen LogP contribution is -2.54. The van der Waals surface area contributed by atoms with Crippen molar-refractivity contribution in [2.24, 2.45) is 21.9 Å². The lowest BCUT2D eigenvalue weighted by molar-refractivity contribution is -0.125. The van der Waals surface area contributed by atoms with Crippen molar-refractivity contribution < 1.29 is 4.79 Å². The molecule has 6 N–H and O–H groups in total. The van der Waals surface area contributed by atoms with E-state index in [1.807, 2.05) is 24.3 Å². The van der Waals surface area contributed by atoms with Gasteiger partial charge in [0, 0.05) is 30.4 Å². The Morgan fingerprint density at radius 2 is 1.78 bits per heavy atom. The van der Waals surface area contributed by atoms with Gasteiger partial charge in [-0.1, -0.05) is 72.0 Å². The highest BCUT2D eigenvalue weighted by Gasteiger charge is 2.28. The van der Waals surface area contributed by atoms with Crippen molar-refractivity contribution in [1.29, 1.82) is 5.41 Å². The van der Waals surface area contributed by atoms with Gasteiger partial charge >= 0.3 is 0 Å². The van der Waals surface area contributed by atoms with Crippen LogP contribution in [0.1, 0.15) is 37.0 Å². The molecule has 1 unspecified atom stereocenters. The first-order valence-electron chi connectivity index (χ1n) is 12.1. The molecular formula is C28H33N7O. The monoisotopic (exact) mass is 483 g/mol. The number of carbonyl (C=O) groups excluding carboxylic acids is 1. The number of nitrogens with one attached hydrogen (secondary N) is 2. The van der Waals surface area contributed by atoms with E-state index in [1.54, 1.807) is 13.8 Å². The van der Waals surface area contributed by atoms with Crippen LogP contribution in [0.5, 0.6) is 0 Å².